The van der Waals surface area contributed by atoms with Crippen LogP contribution in [0.3, 0.4) is 0 Å². The molecule has 1 aromatic rings. The maximum Gasteiger partial charge on any atom is 0.242 e. The molecule has 0 aromatic carbocycles. The van der Waals surface area contributed by atoms with Gasteiger partial charge in [-0.3, -0.25) is 9.69 Å². The van der Waals surface area contributed by atoms with Crippen molar-refractivity contribution in [2.45, 2.75) is 70.8 Å². The van der Waals surface area contributed by atoms with Gasteiger partial charge in [-0.1, -0.05) is 19.3 Å². The number of hydrogen-bond acceptors (Lipinski definition) is 4. The first kappa shape index (κ1) is 17.4. The molecule has 0 radical (unpaired) electrons. The van der Waals surface area contributed by atoms with Crippen LogP contribution in [-0.4, -0.2) is 29.9 Å². The number of nitrogens with one attached hydrogen (secondary N) is 1. The summed E-state index contributed by atoms with van der Waals surface area (Å²) in [6.07, 6.45) is 10.5. The third-order valence-electron chi connectivity index (χ3n) is 5.34. The van der Waals surface area contributed by atoms with Gasteiger partial charge in [-0.2, -0.15) is 5.26 Å². The van der Waals surface area contributed by atoms with Crippen LogP contribution in [0, 0.1) is 11.3 Å². The second-order valence-electron chi connectivity index (χ2n) is 7.00. The number of rotatable bonds is 3. The first-order valence-corrected chi connectivity index (χ1v) is 10.1. The highest BCUT2D eigenvalue weighted by Crippen LogP contribution is 2.37. The number of carbonyl (C=O) groups excluding carboxylic acids is 1. The minimum atomic E-state index is -0.128. The molecule has 1 aliphatic carbocycles. The molecule has 24 heavy (non-hydrogen) atoms. The van der Waals surface area contributed by atoms with Gasteiger partial charge in [-0.25, -0.2) is 0 Å². The molecular formula is C19H27N3OS. The van der Waals surface area contributed by atoms with E-state index in [1.54, 1.807) is 11.3 Å². The number of nitrogens with zero attached hydrogens (tertiary/aromatic N) is 2. The van der Waals surface area contributed by atoms with Gasteiger partial charge in [0.15, 0.2) is 0 Å². The summed E-state index contributed by atoms with van der Waals surface area (Å²) in [7, 11) is 0. The second-order valence-corrected chi connectivity index (χ2v) is 8.10. The summed E-state index contributed by atoms with van der Waals surface area (Å²) in [4.78, 5) is 16.3. The van der Waals surface area contributed by atoms with Gasteiger partial charge in [0.2, 0.25) is 5.91 Å². The van der Waals surface area contributed by atoms with E-state index in [0.717, 1.165) is 37.4 Å². The Morgan fingerprint density at radius 2 is 1.79 bits per heavy atom. The lowest BCUT2D eigenvalue weighted by atomic mass is 10.1. The molecule has 1 N–H and O–H groups in total. The van der Waals surface area contributed by atoms with Gasteiger partial charge >= 0.3 is 0 Å². The zero-order chi connectivity index (χ0) is 16.9. The van der Waals surface area contributed by atoms with Crippen LogP contribution in [0.15, 0.2) is 0 Å². The van der Waals surface area contributed by atoms with Crippen LogP contribution in [0.2, 0.25) is 0 Å². The Morgan fingerprint density at radius 1 is 1.12 bits per heavy atom. The summed E-state index contributed by atoms with van der Waals surface area (Å²) in [5, 5.41) is 13.4. The lowest BCUT2D eigenvalue weighted by molar-refractivity contribution is -0.120. The molecule has 0 spiro atoms. The summed E-state index contributed by atoms with van der Waals surface area (Å²) < 4.78 is 0. The quantitative estimate of drug-likeness (QED) is 0.839. The number of thiophene rings is 1. The van der Waals surface area contributed by atoms with Gasteiger partial charge in [0, 0.05) is 4.88 Å². The van der Waals surface area contributed by atoms with Gasteiger partial charge in [0.1, 0.15) is 11.1 Å². The Labute approximate surface area is 148 Å². The molecule has 3 rings (SSSR count). The Hall–Kier alpha value is -1.38. The fraction of sp³-hybridized carbons (Fsp3) is 0.684. The van der Waals surface area contributed by atoms with E-state index in [1.165, 1.54) is 49.0 Å². The number of amides is 1. The summed E-state index contributed by atoms with van der Waals surface area (Å²) >= 11 is 1.62. The van der Waals surface area contributed by atoms with Crippen LogP contribution in [0.5, 0.6) is 0 Å². The number of nitriles is 1. The van der Waals surface area contributed by atoms with Crippen LogP contribution in [-0.2, 0) is 17.6 Å². The summed E-state index contributed by atoms with van der Waals surface area (Å²) in [6.45, 7) is 3.99. The molecule has 2 heterocycles. The van der Waals surface area contributed by atoms with E-state index in [0.29, 0.717) is 5.56 Å². The third kappa shape index (κ3) is 3.81. The molecular weight excluding hydrogens is 318 g/mol. The first-order chi connectivity index (χ1) is 11.7. The maximum atomic E-state index is 12.7. The van der Waals surface area contributed by atoms with Crippen molar-refractivity contribution in [3.8, 4) is 6.07 Å². The zero-order valence-corrected chi connectivity index (χ0v) is 15.4. The van der Waals surface area contributed by atoms with E-state index < -0.39 is 0 Å². The largest absolute Gasteiger partial charge is 0.315 e. The van der Waals surface area contributed by atoms with Crippen LogP contribution < -0.4 is 5.32 Å². The van der Waals surface area contributed by atoms with Gasteiger partial charge in [0.25, 0.3) is 0 Å². The highest BCUT2D eigenvalue weighted by atomic mass is 32.1. The molecule has 1 saturated heterocycles. The second kappa shape index (κ2) is 8.13. The number of aryl methyl sites for hydroxylation is 1. The number of anilines is 1. The maximum absolute atomic E-state index is 12.7. The average molecular weight is 346 g/mol. The highest BCUT2D eigenvalue weighted by molar-refractivity contribution is 7.16. The van der Waals surface area contributed by atoms with Crippen molar-refractivity contribution in [2.24, 2.45) is 0 Å². The van der Waals surface area contributed by atoms with E-state index in [2.05, 4.69) is 16.3 Å². The van der Waals surface area contributed by atoms with E-state index in [4.69, 9.17) is 0 Å². The van der Waals surface area contributed by atoms with Crippen LogP contribution in [0.1, 0.15) is 67.9 Å². The molecule has 1 atom stereocenters. The molecule has 2 aliphatic rings. The van der Waals surface area contributed by atoms with Gasteiger partial charge in [-0.15, -0.1) is 11.3 Å². The van der Waals surface area contributed by atoms with Crippen molar-refractivity contribution >= 4 is 22.2 Å². The van der Waals surface area contributed by atoms with Gasteiger partial charge in [-0.05, 0) is 64.1 Å². The minimum absolute atomic E-state index is 0.0322. The van der Waals surface area contributed by atoms with E-state index in [9.17, 15) is 10.1 Å². The predicted octanol–water partition coefficient (Wildman–Crippen LogP) is 4.09. The third-order valence-corrected chi connectivity index (χ3v) is 6.54. The topological polar surface area (TPSA) is 56.1 Å². The normalized spacial score (nSPS) is 20.3. The molecule has 5 heteroatoms. The number of hydrogen-bond donors (Lipinski definition) is 1. The van der Waals surface area contributed by atoms with Gasteiger partial charge in [0.05, 0.1) is 11.6 Å². The lowest BCUT2D eigenvalue weighted by Crippen LogP contribution is -2.42. The SMILES string of the molecule is C[C@@H](C(=O)Nc1sc2c(c1C#N)CCCCC2)N1CCCCCC1. The number of carbonyl (C=O) groups is 1. The smallest absolute Gasteiger partial charge is 0.242 e. The molecule has 1 fully saturated rings. The zero-order valence-electron chi connectivity index (χ0n) is 14.6. The first-order valence-electron chi connectivity index (χ1n) is 9.30. The summed E-state index contributed by atoms with van der Waals surface area (Å²) in [5.74, 6) is 0.0322. The summed E-state index contributed by atoms with van der Waals surface area (Å²) in [5.41, 5.74) is 1.91. The van der Waals surface area contributed by atoms with Crippen molar-refractivity contribution in [2.75, 3.05) is 18.4 Å². The van der Waals surface area contributed by atoms with E-state index in [-0.39, 0.29) is 11.9 Å². The fourth-order valence-electron chi connectivity index (χ4n) is 3.81. The van der Waals surface area contributed by atoms with Crippen LogP contribution in [0.25, 0.3) is 0 Å². The molecule has 0 unspecified atom stereocenters. The Kier molecular flexibility index (Phi) is 5.91. The number of fused-ring (bicyclic) bond motifs is 1. The fourth-order valence-corrected chi connectivity index (χ4v) is 5.06. The van der Waals surface area contributed by atoms with E-state index in [1.807, 2.05) is 6.92 Å². The van der Waals surface area contributed by atoms with Crippen LogP contribution >= 0.6 is 11.3 Å². The number of likely N-dealkylation sites (tertiary alicyclic amines) is 1. The minimum Gasteiger partial charge on any atom is -0.315 e. The molecule has 0 bridgehead atoms. The molecule has 4 nitrogen and oxygen atoms in total. The molecule has 1 aliphatic heterocycles. The highest BCUT2D eigenvalue weighted by Gasteiger charge is 2.25. The molecule has 0 saturated carbocycles. The molecule has 130 valence electrons. The lowest BCUT2D eigenvalue weighted by Gasteiger charge is -2.26. The molecule has 1 amide bonds. The van der Waals surface area contributed by atoms with Crippen LogP contribution in [0.4, 0.5) is 5.00 Å². The van der Waals surface area contributed by atoms with Crippen molar-refractivity contribution in [3.63, 3.8) is 0 Å². The summed E-state index contributed by atoms with van der Waals surface area (Å²) in [6, 6.07) is 2.22. The predicted molar refractivity (Wildman–Crippen MR) is 98.4 cm³/mol. The van der Waals surface area contributed by atoms with Crippen molar-refractivity contribution < 1.29 is 4.79 Å². The standard InChI is InChI=1S/C19H27N3OS/c1-14(22-11-7-2-3-8-12-22)18(23)21-19-16(13-20)15-9-5-4-6-10-17(15)24-19/h14H,2-12H2,1H3,(H,21,23)/t14-/m0/s1. The van der Waals surface area contributed by atoms with Crippen molar-refractivity contribution in [1.29, 1.82) is 5.26 Å². The average Bonchev–Trinajstić information content (AvgIpc) is 2.82. The van der Waals surface area contributed by atoms with Crippen molar-refractivity contribution in [1.82, 2.24) is 4.90 Å². The monoisotopic (exact) mass is 345 g/mol. The van der Waals surface area contributed by atoms with Crippen molar-refractivity contribution in [3.05, 3.63) is 16.0 Å². The van der Waals surface area contributed by atoms with Gasteiger partial charge < -0.3 is 5.32 Å². The van der Waals surface area contributed by atoms with E-state index >= 15 is 0 Å². The molecule has 1 aromatic heterocycles. The Morgan fingerprint density at radius 3 is 2.50 bits per heavy atom. The Bertz CT molecular complexity index is 623. The Balaban J connectivity index is 1.73.